The fraction of sp³-hybridized carbons (Fsp3) is 0.887. The molecule has 0 N–H and O–H groups in total. The molecule has 0 aromatic carbocycles. The maximum atomic E-state index is 11.3. The maximum Gasteiger partial charge on any atom is 2.00 e. The molecule has 0 aliphatic rings. The Balaban J connectivity index is -0.000000195. The van der Waals surface area contributed by atoms with Crippen LogP contribution in [0.4, 0.5) is 0 Å². The summed E-state index contributed by atoms with van der Waals surface area (Å²) in [4.78, 5) is 45.3. The molecule has 0 spiro atoms. The zero-order valence-corrected chi connectivity index (χ0v) is 89.2. The summed E-state index contributed by atoms with van der Waals surface area (Å²) in [5.41, 5.74) is 0. The third-order valence-corrected chi connectivity index (χ3v) is 22.6. The van der Waals surface area contributed by atoms with Crippen molar-refractivity contribution in [2.24, 2.45) is 0 Å². The summed E-state index contributed by atoms with van der Waals surface area (Å²) in [6.07, 6.45) is 123. The molecule has 0 atom stereocenters. The molecule has 0 aromatic heterocycles. The van der Waals surface area contributed by atoms with E-state index in [9.17, 15) is 19.2 Å². The molecule has 716 valence electrons. The molecule has 4 radical (unpaired) electrons. The van der Waals surface area contributed by atoms with E-state index in [1.807, 2.05) is 0 Å². The van der Waals surface area contributed by atoms with E-state index in [4.69, 9.17) is 69.5 Å². The first kappa shape index (κ1) is 139. The fourth-order valence-electron chi connectivity index (χ4n) is 14.5. The normalized spacial score (nSPS) is 10.9. The third-order valence-electron chi connectivity index (χ3n) is 22.0. The Kier molecular flexibility index (Phi) is 156. The SMILES string of the molecule is C.C.CCCCCCCCCCC=CCCCCCCCCCCCC(=O)OCC[S-].CCCCCCCCCCC=CCCCCCCCCCCCC(=O)OCC[S-].CCCCCCCCCCC=CCCCCCCCCCCCC(=O)OCC[S-].CCCCCCCCCCC=CCCCCCCCCCCCC(=O)OCC[S-].S.[Sn+2].[Sn+2]. The molecule has 0 bridgehead atoms. The minimum Gasteiger partial charge on any atom is -0.789 e. The van der Waals surface area contributed by atoms with E-state index in [0.29, 0.717) is 75.1 Å². The molecule has 0 rings (SSSR count). The number of rotatable bonds is 92. The minimum atomic E-state index is -0.0818. The van der Waals surface area contributed by atoms with Crippen LogP contribution in [0.1, 0.15) is 556 Å². The van der Waals surface area contributed by atoms with Crippen LogP contribution in [-0.4, -0.2) is 121 Å². The number of ether oxygens (including phenoxy) is 4. The predicted molar refractivity (Wildman–Crippen MR) is 557 cm³/mol. The average molecular weight is 2010 g/mol. The third kappa shape index (κ3) is 143. The van der Waals surface area contributed by atoms with Gasteiger partial charge in [-0.2, -0.15) is 13.5 Å². The van der Waals surface area contributed by atoms with Crippen LogP contribution in [0.5, 0.6) is 0 Å². The quantitative estimate of drug-likeness (QED) is 0.0145. The van der Waals surface area contributed by atoms with E-state index in [1.54, 1.807) is 0 Å². The van der Waals surface area contributed by atoms with Crippen molar-refractivity contribution in [3.05, 3.63) is 48.6 Å². The van der Waals surface area contributed by atoms with Gasteiger partial charge in [0.05, 0.1) is 26.4 Å². The first-order valence-corrected chi connectivity index (χ1v) is 53.1. The molecular formula is C106H206O8S5Sn2. The number of carbonyl (C=O) groups is 4. The van der Waals surface area contributed by atoms with Gasteiger partial charge in [0, 0.05) is 25.7 Å². The molecule has 15 heteroatoms. The monoisotopic (exact) mass is 2010 g/mol. The van der Waals surface area contributed by atoms with Crippen molar-refractivity contribution < 1.29 is 38.1 Å². The van der Waals surface area contributed by atoms with Gasteiger partial charge >= 0.3 is 71.7 Å². The van der Waals surface area contributed by atoms with Gasteiger partial charge in [-0.05, 0) is 128 Å². The molecule has 0 saturated heterocycles. The standard InChI is InChI=1S/4C26H50O2S.2CH4.H2S.2Sn/c4*1-2-3-4-5-6-7-8-9-10-11-12-13-14-15-16-17-18-19-20-21-22-23-26(27)28-24-25-29;;;;;/h4*11-12,29H,2-10,13-25H2,1H3;2*1H4;1H2;;/q;;;;;;;2*+2/p-4. The zero-order chi connectivity index (χ0) is 85.0. The van der Waals surface area contributed by atoms with Gasteiger partial charge in [-0.15, -0.1) is 23.0 Å². The molecule has 0 saturated carbocycles. The van der Waals surface area contributed by atoms with Gasteiger partial charge < -0.3 is 69.5 Å². The van der Waals surface area contributed by atoms with E-state index in [0.717, 1.165) is 51.4 Å². The Hall–Kier alpha value is 0.187. The molecule has 0 aliphatic carbocycles. The Labute approximate surface area is 820 Å². The van der Waals surface area contributed by atoms with Crippen LogP contribution in [0.2, 0.25) is 0 Å². The van der Waals surface area contributed by atoms with Crippen molar-refractivity contribution in [3.63, 3.8) is 0 Å². The van der Waals surface area contributed by atoms with Crippen molar-refractivity contribution in [1.29, 1.82) is 0 Å². The second kappa shape index (κ2) is 136. The van der Waals surface area contributed by atoms with E-state index >= 15 is 0 Å². The Morgan fingerprint density at radius 3 is 0.388 bits per heavy atom. The average Bonchev–Trinajstić information content (AvgIpc) is 1.07. The molecule has 0 unspecified atom stereocenters. The summed E-state index contributed by atoms with van der Waals surface area (Å²) in [6.45, 7) is 10.7. The molecule has 0 aliphatic heterocycles. The van der Waals surface area contributed by atoms with Crippen molar-refractivity contribution >= 4 is 136 Å². The van der Waals surface area contributed by atoms with Gasteiger partial charge in [0.15, 0.2) is 0 Å². The zero-order valence-electron chi connectivity index (χ0n) is 79.2. The Morgan fingerprint density at radius 1 is 0.182 bits per heavy atom. The first-order chi connectivity index (χ1) is 57.2. The van der Waals surface area contributed by atoms with Crippen LogP contribution in [0.3, 0.4) is 0 Å². The summed E-state index contributed by atoms with van der Waals surface area (Å²) in [5.74, 6) is 1.68. The summed E-state index contributed by atoms with van der Waals surface area (Å²) in [6, 6.07) is 0. The Bertz CT molecular complexity index is 1710. The summed E-state index contributed by atoms with van der Waals surface area (Å²) >= 11 is 19.0. The van der Waals surface area contributed by atoms with Gasteiger partial charge in [-0.1, -0.05) is 451 Å². The van der Waals surface area contributed by atoms with E-state index in [2.05, 4.69) is 76.3 Å². The topological polar surface area (TPSA) is 105 Å². The molecule has 8 nitrogen and oxygen atoms in total. The van der Waals surface area contributed by atoms with Gasteiger partial charge in [0.2, 0.25) is 0 Å². The van der Waals surface area contributed by atoms with Crippen molar-refractivity contribution in [3.8, 4) is 0 Å². The smallest absolute Gasteiger partial charge is 0.789 e. The molecule has 0 heterocycles. The van der Waals surface area contributed by atoms with Crippen LogP contribution >= 0.6 is 13.5 Å². The van der Waals surface area contributed by atoms with Crippen LogP contribution in [0, 0.1) is 0 Å². The number of esters is 4. The van der Waals surface area contributed by atoms with Gasteiger partial charge in [0.25, 0.3) is 0 Å². The van der Waals surface area contributed by atoms with E-state index in [-0.39, 0.29) is 100 Å². The van der Waals surface area contributed by atoms with Gasteiger partial charge in [-0.25, -0.2) is 0 Å². The molecule has 121 heavy (non-hydrogen) atoms. The van der Waals surface area contributed by atoms with Gasteiger partial charge in [-0.3, -0.25) is 19.2 Å². The number of carbonyl (C=O) groups excluding carboxylic acids is 4. The van der Waals surface area contributed by atoms with Gasteiger partial charge in [0.1, 0.15) is 0 Å². The largest absolute Gasteiger partial charge is 2.00 e. The summed E-state index contributed by atoms with van der Waals surface area (Å²) in [5, 5.41) is 0. The van der Waals surface area contributed by atoms with Crippen LogP contribution in [-0.2, 0) is 88.6 Å². The first-order valence-electron chi connectivity index (χ1n) is 50.8. The van der Waals surface area contributed by atoms with Crippen LogP contribution < -0.4 is 0 Å². The fourth-order valence-corrected chi connectivity index (χ4v) is 14.8. The number of allylic oxidation sites excluding steroid dienone is 8. The Morgan fingerprint density at radius 2 is 0.281 bits per heavy atom. The summed E-state index contributed by atoms with van der Waals surface area (Å²) in [7, 11) is 0. The number of hydrogen-bond acceptors (Lipinski definition) is 12. The molecule has 0 aromatic rings. The second-order valence-corrected chi connectivity index (χ2v) is 35.2. The maximum absolute atomic E-state index is 11.3. The molecular weight excluding hydrogens is 1800 g/mol. The van der Waals surface area contributed by atoms with Crippen molar-refractivity contribution in [2.75, 3.05) is 49.4 Å². The van der Waals surface area contributed by atoms with E-state index in [1.165, 1.54) is 437 Å². The number of hydrogen-bond donors (Lipinski definition) is 0. The second-order valence-electron chi connectivity index (χ2n) is 33.5. The molecule has 0 amide bonds. The van der Waals surface area contributed by atoms with Crippen LogP contribution in [0.25, 0.3) is 0 Å². The molecule has 0 fully saturated rings. The van der Waals surface area contributed by atoms with Crippen molar-refractivity contribution in [2.45, 2.75) is 556 Å². The minimum absolute atomic E-state index is 0. The number of unbranched alkanes of at least 4 members (excludes halogenated alkanes) is 68. The predicted octanol–water partition coefficient (Wildman–Crippen LogP) is 34.4. The van der Waals surface area contributed by atoms with E-state index < -0.39 is 0 Å². The summed E-state index contributed by atoms with van der Waals surface area (Å²) < 4.78 is 19.9. The van der Waals surface area contributed by atoms with Crippen LogP contribution in [0.15, 0.2) is 48.6 Å². The van der Waals surface area contributed by atoms with Crippen molar-refractivity contribution in [1.82, 2.24) is 0 Å².